The van der Waals surface area contributed by atoms with Crippen LogP contribution in [0.15, 0.2) is 24.5 Å². The predicted octanol–water partition coefficient (Wildman–Crippen LogP) is 2.00. The highest BCUT2D eigenvalue weighted by Crippen LogP contribution is 2.25. The van der Waals surface area contributed by atoms with Crippen LogP contribution in [-0.2, 0) is 7.05 Å². The van der Waals surface area contributed by atoms with Gasteiger partial charge in [0.05, 0.1) is 4.88 Å². The van der Waals surface area contributed by atoms with E-state index in [-0.39, 0.29) is 24.4 Å². The molecule has 1 aliphatic rings. The van der Waals surface area contributed by atoms with Crippen molar-refractivity contribution < 1.29 is 4.79 Å². The Bertz CT molecular complexity index is 624. The van der Waals surface area contributed by atoms with Crippen LogP contribution in [-0.4, -0.2) is 40.0 Å². The van der Waals surface area contributed by atoms with Gasteiger partial charge in [0.15, 0.2) is 0 Å². The van der Waals surface area contributed by atoms with Gasteiger partial charge < -0.3 is 14.8 Å². The summed E-state index contributed by atoms with van der Waals surface area (Å²) in [6, 6.07) is 3.91. The molecule has 2 aromatic heterocycles. The molecule has 0 bridgehead atoms. The first-order valence-electron chi connectivity index (χ1n) is 6.72. The second-order valence-corrected chi connectivity index (χ2v) is 6.31. The monoisotopic (exact) mass is 326 g/mol. The number of carbonyl (C=O) groups is 1. The topological polar surface area (TPSA) is 50.2 Å². The molecule has 0 spiro atoms. The number of thiophene rings is 1. The van der Waals surface area contributed by atoms with Gasteiger partial charge in [0.25, 0.3) is 5.91 Å². The van der Waals surface area contributed by atoms with Crippen molar-refractivity contribution in [2.45, 2.75) is 13.0 Å². The third kappa shape index (κ3) is 3.12. The van der Waals surface area contributed by atoms with Crippen LogP contribution in [0, 0.1) is 6.92 Å². The molecule has 1 atom stereocenters. The largest absolute Gasteiger partial charge is 0.336 e. The quantitative estimate of drug-likeness (QED) is 0.918. The Morgan fingerprint density at radius 3 is 2.90 bits per heavy atom. The van der Waals surface area contributed by atoms with E-state index in [1.807, 2.05) is 41.8 Å². The third-order valence-corrected chi connectivity index (χ3v) is 4.60. The van der Waals surface area contributed by atoms with Crippen LogP contribution in [0.5, 0.6) is 0 Å². The fourth-order valence-electron chi connectivity index (χ4n) is 2.57. The van der Waals surface area contributed by atoms with Gasteiger partial charge in [0.2, 0.25) is 0 Å². The summed E-state index contributed by atoms with van der Waals surface area (Å²) in [6.45, 7) is 4.32. The number of rotatable bonds is 2. The lowest BCUT2D eigenvalue weighted by Gasteiger charge is -2.35. The zero-order valence-electron chi connectivity index (χ0n) is 12.1. The van der Waals surface area contributed by atoms with Crippen LogP contribution in [0.25, 0.3) is 0 Å². The molecule has 1 N–H and O–H groups in total. The number of aromatic nitrogens is 2. The van der Waals surface area contributed by atoms with Crippen molar-refractivity contribution in [3.8, 4) is 0 Å². The third-order valence-electron chi connectivity index (χ3n) is 3.61. The molecule has 1 saturated heterocycles. The summed E-state index contributed by atoms with van der Waals surface area (Å²) in [7, 11) is 1.97. The van der Waals surface area contributed by atoms with Gasteiger partial charge in [0, 0.05) is 44.0 Å². The highest BCUT2D eigenvalue weighted by Gasteiger charge is 2.31. The van der Waals surface area contributed by atoms with Crippen LogP contribution in [0.4, 0.5) is 0 Å². The molecule has 0 saturated carbocycles. The minimum absolute atomic E-state index is 0. The van der Waals surface area contributed by atoms with Gasteiger partial charge in [-0.2, -0.15) is 0 Å². The molecule has 1 fully saturated rings. The summed E-state index contributed by atoms with van der Waals surface area (Å²) in [5.74, 6) is 1.04. The Kier molecular flexibility index (Phi) is 5.03. The van der Waals surface area contributed by atoms with Gasteiger partial charge in [-0.05, 0) is 19.1 Å². The van der Waals surface area contributed by atoms with Gasteiger partial charge in [-0.1, -0.05) is 0 Å². The summed E-state index contributed by atoms with van der Waals surface area (Å²) in [4.78, 5) is 21.0. The van der Waals surface area contributed by atoms with Gasteiger partial charge in [-0.25, -0.2) is 4.98 Å². The number of imidazole rings is 1. The molecule has 1 aliphatic heterocycles. The fourth-order valence-corrected chi connectivity index (χ4v) is 3.39. The highest BCUT2D eigenvalue weighted by molar-refractivity contribution is 7.13. The Balaban J connectivity index is 0.00000161. The fraction of sp³-hybridized carbons (Fsp3) is 0.429. The van der Waals surface area contributed by atoms with Crippen LogP contribution < -0.4 is 5.32 Å². The lowest BCUT2D eigenvalue weighted by molar-refractivity contribution is 0.0626. The molecule has 2 aromatic rings. The predicted molar refractivity (Wildman–Crippen MR) is 86.2 cm³/mol. The first-order valence-corrected chi connectivity index (χ1v) is 7.54. The smallest absolute Gasteiger partial charge is 0.264 e. The molecule has 7 heteroatoms. The minimum atomic E-state index is -0.00124. The summed E-state index contributed by atoms with van der Waals surface area (Å²) >= 11 is 1.55. The molecule has 114 valence electrons. The number of piperazine rings is 1. The maximum absolute atomic E-state index is 12.7. The second kappa shape index (κ2) is 6.60. The van der Waals surface area contributed by atoms with E-state index in [2.05, 4.69) is 10.3 Å². The average molecular weight is 327 g/mol. The van der Waals surface area contributed by atoms with Crippen molar-refractivity contribution in [2.75, 3.05) is 19.6 Å². The molecular formula is C14H19ClN4OS. The van der Waals surface area contributed by atoms with E-state index in [1.54, 1.807) is 17.5 Å². The summed E-state index contributed by atoms with van der Waals surface area (Å²) < 4.78 is 1.98. The van der Waals surface area contributed by atoms with Crippen LogP contribution in [0.2, 0.25) is 0 Å². The molecule has 1 amide bonds. The number of hydrogen-bond donors (Lipinski definition) is 1. The SMILES string of the molecule is Cc1ccc(C(=O)N2CCNCC2c2nccn2C)s1.Cl. The average Bonchev–Trinajstić information content (AvgIpc) is 3.07. The maximum Gasteiger partial charge on any atom is 0.264 e. The summed E-state index contributed by atoms with van der Waals surface area (Å²) in [6.07, 6.45) is 3.70. The normalized spacial score (nSPS) is 18.4. The number of aryl methyl sites for hydroxylation is 2. The lowest BCUT2D eigenvalue weighted by atomic mass is 10.1. The van der Waals surface area contributed by atoms with E-state index in [9.17, 15) is 4.79 Å². The van der Waals surface area contributed by atoms with Crippen molar-refractivity contribution in [3.05, 3.63) is 40.1 Å². The summed E-state index contributed by atoms with van der Waals surface area (Å²) in [5.41, 5.74) is 0. The van der Waals surface area contributed by atoms with Crippen LogP contribution >= 0.6 is 23.7 Å². The van der Waals surface area contributed by atoms with Crippen molar-refractivity contribution in [2.24, 2.45) is 7.05 Å². The van der Waals surface area contributed by atoms with Crippen molar-refractivity contribution in [1.29, 1.82) is 0 Å². The number of amides is 1. The number of halogens is 1. The Morgan fingerprint density at radius 2 is 2.29 bits per heavy atom. The van der Waals surface area contributed by atoms with E-state index in [4.69, 9.17) is 0 Å². The number of carbonyl (C=O) groups excluding carboxylic acids is 1. The standard InChI is InChI=1S/C14H18N4OS.ClH/c1-10-3-4-12(20-10)14(19)18-8-5-15-9-11(18)13-16-6-7-17(13)2;/h3-4,6-7,11,15H,5,8-9H2,1-2H3;1H. The Labute approximate surface area is 134 Å². The number of nitrogens with zero attached hydrogens (tertiary/aromatic N) is 3. The molecule has 3 rings (SSSR count). The zero-order valence-corrected chi connectivity index (χ0v) is 13.7. The molecule has 3 heterocycles. The number of nitrogens with one attached hydrogen (secondary N) is 1. The summed E-state index contributed by atoms with van der Waals surface area (Å²) in [5, 5.41) is 3.35. The van der Waals surface area contributed by atoms with Gasteiger partial charge in [-0.15, -0.1) is 23.7 Å². The van der Waals surface area contributed by atoms with Gasteiger partial charge in [0.1, 0.15) is 11.9 Å². The lowest BCUT2D eigenvalue weighted by Crippen LogP contribution is -2.49. The zero-order chi connectivity index (χ0) is 14.1. The van der Waals surface area contributed by atoms with E-state index >= 15 is 0 Å². The molecule has 0 aliphatic carbocycles. The van der Waals surface area contributed by atoms with Crippen molar-refractivity contribution in [1.82, 2.24) is 19.8 Å². The van der Waals surface area contributed by atoms with Crippen LogP contribution in [0.3, 0.4) is 0 Å². The maximum atomic E-state index is 12.7. The molecular weight excluding hydrogens is 308 g/mol. The van der Waals surface area contributed by atoms with Crippen LogP contribution in [0.1, 0.15) is 26.4 Å². The van der Waals surface area contributed by atoms with E-state index in [0.717, 1.165) is 28.7 Å². The molecule has 0 aromatic carbocycles. The van der Waals surface area contributed by atoms with Gasteiger partial charge in [-0.3, -0.25) is 4.79 Å². The Morgan fingerprint density at radius 1 is 1.48 bits per heavy atom. The Hall–Kier alpha value is -1.37. The van der Waals surface area contributed by atoms with E-state index in [0.29, 0.717) is 6.54 Å². The van der Waals surface area contributed by atoms with Crippen molar-refractivity contribution >= 4 is 29.7 Å². The molecule has 1 unspecified atom stereocenters. The molecule has 5 nitrogen and oxygen atoms in total. The highest BCUT2D eigenvalue weighted by atomic mass is 35.5. The minimum Gasteiger partial charge on any atom is -0.336 e. The van der Waals surface area contributed by atoms with E-state index in [1.165, 1.54) is 0 Å². The molecule has 0 radical (unpaired) electrons. The first kappa shape index (κ1) is 16.0. The second-order valence-electron chi connectivity index (χ2n) is 5.03. The van der Waals surface area contributed by atoms with Crippen molar-refractivity contribution in [3.63, 3.8) is 0 Å². The first-order chi connectivity index (χ1) is 9.66. The number of hydrogen-bond acceptors (Lipinski definition) is 4. The van der Waals surface area contributed by atoms with E-state index < -0.39 is 0 Å². The molecule has 21 heavy (non-hydrogen) atoms. The van der Waals surface area contributed by atoms with Gasteiger partial charge >= 0.3 is 0 Å².